The Bertz CT molecular complexity index is 672. The van der Waals surface area contributed by atoms with Crippen LogP contribution in [0, 0.1) is 0 Å². The van der Waals surface area contributed by atoms with Gasteiger partial charge < -0.3 is 15.9 Å². The van der Waals surface area contributed by atoms with Gasteiger partial charge in [-0.1, -0.05) is 18.7 Å². The van der Waals surface area contributed by atoms with E-state index in [1.807, 2.05) is 45.0 Å². The molecule has 2 aromatic rings. The van der Waals surface area contributed by atoms with Crippen molar-refractivity contribution in [3.8, 4) is 5.75 Å². The average Bonchev–Trinajstić information content (AvgIpc) is 2.90. The van der Waals surface area contributed by atoms with Gasteiger partial charge in [0.15, 0.2) is 5.82 Å². The van der Waals surface area contributed by atoms with Crippen LogP contribution in [-0.2, 0) is 11.2 Å². The van der Waals surface area contributed by atoms with Crippen LogP contribution >= 0.6 is 11.8 Å². The molecule has 7 nitrogen and oxygen atoms in total. The van der Waals surface area contributed by atoms with Gasteiger partial charge in [-0.3, -0.25) is 4.79 Å². The van der Waals surface area contributed by atoms with E-state index in [0.717, 1.165) is 30.1 Å². The van der Waals surface area contributed by atoms with Crippen molar-refractivity contribution in [1.82, 2.24) is 14.9 Å². The minimum atomic E-state index is -0.349. The number of thioether (sulfide) groups is 1. The molecule has 0 spiro atoms. The van der Waals surface area contributed by atoms with Crippen molar-refractivity contribution in [3.05, 3.63) is 30.1 Å². The normalized spacial score (nSPS) is 12.0. The fourth-order valence-corrected chi connectivity index (χ4v) is 2.83. The number of nitrogen functional groups attached to an aromatic ring is 1. The average molecular weight is 349 g/mol. The van der Waals surface area contributed by atoms with Gasteiger partial charge >= 0.3 is 0 Å². The van der Waals surface area contributed by atoms with Gasteiger partial charge in [-0.2, -0.15) is 0 Å². The van der Waals surface area contributed by atoms with Crippen LogP contribution in [0.15, 0.2) is 29.4 Å². The number of hydrogen-bond donors (Lipinski definition) is 2. The summed E-state index contributed by atoms with van der Waals surface area (Å²) in [5.41, 5.74) is 0.719. The summed E-state index contributed by atoms with van der Waals surface area (Å²) in [5, 5.41) is 11.2. The molecule has 1 atom stereocenters. The fraction of sp³-hybridized carbons (Fsp3) is 0.438. The number of carbonyl (C=O) groups is 1. The lowest BCUT2D eigenvalue weighted by Gasteiger charge is -2.12. The first-order valence-electron chi connectivity index (χ1n) is 7.94. The molecule has 0 radical (unpaired) electrons. The molecule has 1 aromatic carbocycles. The summed E-state index contributed by atoms with van der Waals surface area (Å²) in [6.45, 7) is 6.40. The maximum Gasteiger partial charge on any atom is 0.237 e. The highest BCUT2D eigenvalue weighted by molar-refractivity contribution is 8.00. The predicted octanol–water partition coefficient (Wildman–Crippen LogP) is 2.46. The Balaban J connectivity index is 1.94. The van der Waals surface area contributed by atoms with Crippen LogP contribution < -0.4 is 15.9 Å². The topological polar surface area (TPSA) is 95.1 Å². The zero-order valence-corrected chi connectivity index (χ0v) is 15.0. The lowest BCUT2D eigenvalue weighted by atomic mass is 10.3. The first-order valence-corrected chi connectivity index (χ1v) is 8.82. The Kier molecular flexibility index (Phi) is 6.48. The number of nitrogens with one attached hydrogen (secondary N) is 1. The molecule has 2 rings (SSSR count). The number of ether oxygens (including phenoxy) is 1. The molecule has 0 bridgehead atoms. The van der Waals surface area contributed by atoms with Crippen molar-refractivity contribution in [2.75, 3.05) is 17.8 Å². The van der Waals surface area contributed by atoms with E-state index < -0.39 is 0 Å². The summed E-state index contributed by atoms with van der Waals surface area (Å²) in [6, 6.07) is 7.27. The van der Waals surface area contributed by atoms with Gasteiger partial charge in [0.05, 0.1) is 11.9 Å². The molecule has 8 heteroatoms. The van der Waals surface area contributed by atoms with E-state index in [2.05, 4.69) is 15.5 Å². The standard InChI is InChI=1S/C16H23N5O2S/c1-4-6-14-19-20-16(21(14)17)24-11(3)15(22)18-12-7-9-13(10-8-12)23-5-2/h7-11H,4-6,17H2,1-3H3,(H,18,22). The fourth-order valence-electron chi connectivity index (χ4n) is 2.04. The van der Waals surface area contributed by atoms with Crippen LogP contribution in [0.4, 0.5) is 5.69 Å². The largest absolute Gasteiger partial charge is 0.494 e. The maximum absolute atomic E-state index is 12.3. The van der Waals surface area contributed by atoms with E-state index >= 15 is 0 Å². The number of benzene rings is 1. The summed E-state index contributed by atoms with van der Waals surface area (Å²) < 4.78 is 6.83. The van der Waals surface area contributed by atoms with E-state index in [1.165, 1.54) is 16.4 Å². The third-order valence-electron chi connectivity index (χ3n) is 3.29. The van der Waals surface area contributed by atoms with Gasteiger partial charge in [0.1, 0.15) is 5.75 Å². The second-order valence-electron chi connectivity index (χ2n) is 5.23. The van der Waals surface area contributed by atoms with E-state index in [4.69, 9.17) is 10.6 Å². The third-order valence-corrected chi connectivity index (χ3v) is 4.35. The number of amides is 1. The van der Waals surface area contributed by atoms with Gasteiger partial charge in [0.25, 0.3) is 0 Å². The number of nitrogens with zero attached hydrogens (tertiary/aromatic N) is 3. The highest BCUT2D eigenvalue weighted by atomic mass is 32.2. The van der Waals surface area contributed by atoms with Gasteiger partial charge in [-0.05, 0) is 44.5 Å². The molecule has 0 saturated carbocycles. The zero-order valence-electron chi connectivity index (χ0n) is 14.2. The lowest BCUT2D eigenvalue weighted by molar-refractivity contribution is -0.115. The molecule has 1 amide bonds. The summed E-state index contributed by atoms with van der Waals surface area (Å²) in [7, 11) is 0. The number of aromatic nitrogens is 3. The highest BCUT2D eigenvalue weighted by Gasteiger charge is 2.19. The van der Waals surface area contributed by atoms with Crippen molar-refractivity contribution in [2.45, 2.75) is 44.0 Å². The van der Waals surface area contributed by atoms with Crippen LogP contribution in [0.2, 0.25) is 0 Å². The molecule has 3 N–H and O–H groups in total. The number of carbonyl (C=O) groups excluding carboxylic acids is 1. The highest BCUT2D eigenvalue weighted by Crippen LogP contribution is 2.23. The van der Waals surface area contributed by atoms with Crippen molar-refractivity contribution >= 4 is 23.4 Å². The third kappa shape index (κ3) is 4.64. The smallest absolute Gasteiger partial charge is 0.237 e. The molecule has 1 unspecified atom stereocenters. The lowest BCUT2D eigenvalue weighted by Crippen LogP contribution is -2.23. The first-order chi connectivity index (χ1) is 11.5. The van der Waals surface area contributed by atoms with E-state index in [9.17, 15) is 4.79 Å². The predicted molar refractivity (Wildman–Crippen MR) is 95.7 cm³/mol. The van der Waals surface area contributed by atoms with E-state index in [-0.39, 0.29) is 11.2 Å². The van der Waals surface area contributed by atoms with Crippen molar-refractivity contribution in [3.63, 3.8) is 0 Å². The van der Waals surface area contributed by atoms with E-state index in [1.54, 1.807) is 0 Å². The summed E-state index contributed by atoms with van der Waals surface area (Å²) in [5.74, 6) is 7.34. The molecule has 0 aliphatic heterocycles. The van der Waals surface area contributed by atoms with Crippen LogP contribution in [0.1, 0.15) is 33.0 Å². The number of rotatable bonds is 8. The second-order valence-corrected chi connectivity index (χ2v) is 6.53. The second kappa shape index (κ2) is 8.58. The SMILES string of the molecule is CCCc1nnc(SC(C)C(=O)Nc2ccc(OCC)cc2)n1N. The zero-order chi connectivity index (χ0) is 17.5. The monoisotopic (exact) mass is 349 g/mol. The van der Waals surface area contributed by atoms with Gasteiger partial charge in [0.2, 0.25) is 11.1 Å². The minimum absolute atomic E-state index is 0.121. The molecule has 130 valence electrons. The Morgan fingerprint density at radius 2 is 2.04 bits per heavy atom. The molecule has 24 heavy (non-hydrogen) atoms. The quantitative estimate of drug-likeness (QED) is 0.561. The molecule has 0 fully saturated rings. The Hall–Kier alpha value is -2.22. The Labute approximate surface area is 145 Å². The summed E-state index contributed by atoms with van der Waals surface area (Å²) >= 11 is 1.28. The maximum atomic E-state index is 12.3. The van der Waals surface area contributed by atoms with Crippen LogP contribution in [0.25, 0.3) is 0 Å². The minimum Gasteiger partial charge on any atom is -0.494 e. The molecular weight excluding hydrogens is 326 g/mol. The van der Waals surface area contributed by atoms with Crippen molar-refractivity contribution < 1.29 is 9.53 Å². The first kappa shape index (κ1) is 18.1. The molecular formula is C16H23N5O2S. The molecule has 0 saturated heterocycles. The summed E-state index contributed by atoms with van der Waals surface area (Å²) in [6.07, 6.45) is 1.70. The van der Waals surface area contributed by atoms with E-state index in [0.29, 0.717) is 11.8 Å². The number of aryl methyl sites for hydroxylation is 1. The van der Waals surface area contributed by atoms with Crippen molar-refractivity contribution in [2.24, 2.45) is 0 Å². The van der Waals surface area contributed by atoms with Gasteiger partial charge in [-0.25, -0.2) is 4.68 Å². The number of anilines is 1. The molecule has 1 aromatic heterocycles. The van der Waals surface area contributed by atoms with Gasteiger partial charge in [0, 0.05) is 12.1 Å². The van der Waals surface area contributed by atoms with Crippen LogP contribution in [-0.4, -0.2) is 32.6 Å². The Morgan fingerprint density at radius 3 is 2.67 bits per heavy atom. The molecule has 0 aliphatic carbocycles. The number of hydrogen-bond acceptors (Lipinski definition) is 6. The molecule has 1 heterocycles. The Morgan fingerprint density at radius 1 is 1.33 bits per heavy atom. The number of nitrogens with two attached hydrogens (primary N) is 1. The van der Waals surface area contributed by atoms with Crippen molar-refractivity contribution in [1.29, 1.82) is 0 Å². The molecule has 0 aliphatic rings. The van der Waals surface area contributed by atoms with Gasteiger partial charge in [-0.15, -0.1) is 10.2 Å². The van der Waals surface area contributed by atoms with Crippen LogP contribution in [0.5, 0.6) is 5.75 Å². The van der Waals surface area contributed by atoms with Crippen LogP contribution in [0.3, 0.4) is 0 Å². The summed E-state index contributed by atoms with van der Waals surface area (Å²) in [4.78, 5) is 12.3.